The molecule has 1 aromatic heterocycles. The van der Waals surface area contributed by atoms with Crippen molar-refractivity contribution in [1.29, 1.82) is 0 Å². The molecule has 2 aromatic rings. The van der Waals surface area contributed by atoms with Gasteiger partial charge in [0.05, 0.1) is 12.5 Å². The third-order valence-corrected chi connectivity index (χ3v) is 4.41. The molecule has 1 aliphatic rings. The molecular weight excluding hydrogens is 290 g/mol. The minimum atomic E-state index is -0.0898. The Morgan fingerprint density at radius 3 is 2.65 bits per heavy atom. The van der Waals surface area contributed by atoms with E-state index < -0.39 is 0 Å². The number of carbonyl (C=O) groups is 1. The molecule has 0 atom stereocenters. The van der Waals surface area contributed by atoms with E-state index in [1.807, 2.05) is 24.3 Å². The number of ether oxygens (including phenoxy) is 1. The van der Waals surface area contributed by atoms with Crippen LogP contribution in [0.25, 0.3) is 6.08 Å². The van der Waals surface area contributed by atoms with Gasteiger partial charge in [-0.3, -0.25) is 4.79 Å². The Labute approximate surface area is 136 Å². The molecule has 2 heterocycles. The lowest BCUT2D eigenvalue weighted by atomic mass is 9.74. The minimum absolute atomic E-state index is 0.0430. The average Bonchev–Trinajstić information content (AvgIpc) is 3.13. The SMILES string of the molecule is O=C(C=Cc1ccoc1)NCC1(c2ccccc2)CCOCC1. The summed E-state index contributed by atoms with van der Waals surface area (Å²) in [5.41, 5.74) is 2.10. The summed E-state index contributed by atoms with van der Waals surface area (Å²) in [6.07, 6.45) is 8.32. The first kappa shape index (κ1) is 15.6. The van der Waals surface area contributed by atoms with Crippen LogP contribution in [0.2, 0.25) is 0 Å². The summed E-state index contributed by atoms with van der Waals surface area (Å²) in [5, 5.41) is 3.04. The number of hydrogen-bond acceptors (Lipinski definition) is 3. The normalized spacial score (nSPS) is 17.2. The van der Waals surface area contributed by atoms with Crippen LogP contribution in [-0.4, -0.2) is 25.7 Å². The lowest BCUT2D eigenvalue weighted by Crippen LogP contribution is -2.44. The predicted octanol–water partition coefficient (Wildman–Crippen LogP) is 3.16. The van der Waals surface area contributed by atoms with Gasteiger partial charge in [0.25, 0.3) is 0 Å². The molecule has 0 unspecified atom stereocenters. The number of nitrogens with one attached hydrogen (secondary N) is 1. The van der Waals surface area contributed by atoms with Crippen LogP contribution in [0.1, 0.15) is 24.0 Å². The van der Waals surface area contributed by atoms with Gasteiger partial charge in [0.2, 0.25) is 5.91 Å². The Kier molecular flexibility index (Phi) is 4.93. The van der Waals surface area contributed by atoms with Crippen molar-refractivity contribution in [2.24, 2.45) is 0 Å². The maximum Gasteiger partial charge on any atom is 0.244 e. The fourth-order valence-corrected chi connectivity index (χ4v) is 2.98. The van der Waals surface area contributed by atoms with Crippen molar-refractivity contribution in [3.8, 4) is 0 Å². The van der Waals surface area contributed by atoms with E-state index in [0.717, 1.165) is 31.6 Å². The van der Waals surface area contributed by atoms with E-state index >= 15 is 0 Å². The zero-order valence-electron chi connectivity index (χ0n) is 13.0. The maximum atomic E-state index is 12.1. The highest BCUT2D eigenvalue weighted by Crippen LogP contribution is 2.34. The van der Waals surface area contributed by atoms with E-state index in [1.54, 1.807) is 24.7 Å². The number of carbonyl (C=O) groups excluding carboxylic acids is 1. The van der Waals surface area contributed by atoms with Gasteiger partial charge in [-0.1, -0.05) is 30.3 Å². The third kappa shape index (κ3) is 3.90. The molecule has 1 fully saturated rings. The maximum absolute atomic E-state index is 12.1. The van der Waals surface area contributed by atoms with Gasteiger partial charge in [0.15, 0.2) is 0 Å². The van der Waals surface area contributed by atoms with Crippen LogP contribution in [0.15, 0.2) is 59.4 Å². The van der Waals surface area contributed by atoms with Gasteiger partial charge in [-0.05, 0) is 30.5 Å². The molecule has 23 heavy (non-hydrogen) atoms. The van der Waals surface area contributed by atoms with Crippen molar-refractivity contribution >= 4 is 12.0 Å². The lowest BCUT2D eigenvalue weighted by Gasteiger charge is -2.37. The second kappa shape index (κ2) is 7.29. The highest BCUT2D eigenvalue weighted by molar-refractivity contribution is 5.91. The Morgan fingerprint density at radius 1 is 1.17 bits per heavy atom. The van der Waals surface area contributed by atoms with Crippen LogP contribution < -0.4 is 5.32 Å². The van der Waals surface area contributed by atoms with E-state index in [9.17, 15) is 4.79 Å². The molecule has 0 bridgehead atoms. The van der Waals surface area contributed by atoms with Gasteiger partial charge in [-0.25, -0.2) is 0 Å². The second-order valence-electron chi connectivity index (χ2n) is 5.87. The fraction of sp³-hybridized carbons (Fsp3) is 0.316. The number of furan rings is 1. The van der Waals surface area contributed by atoms with Gasteiger partial charge in [0.1, 0.15) is 0 Å². The van der Waals surface area contributed by atoms with E-state index in [2.05, 4.69) is 17.4 Å². The Balaban J connectivity index is 1.66. The molecular formula is C19H21NO3. The van der Waals surface area contributed by atoms with Crippen LogP contribution in [0, 0.1) is 0 Å². The molecule has 4 heteroatoms. The van der Waals surface area contributed by atoms with Gasteiger partial charge >= 0.3 is 0 Å². The number of rotatable bonds is 5. The average molecular weight is 311 g/mol. The van der Waals surface area contributed by atoms with Crippen LogP contribution in [0.4, 0.5) is 0 Å². The third-order valence-electron chi connectivity index (χ3n) is 4.41. The van der Waals surface area contributed by atoms with Gasteiger partial charge in [0, 0.05) is 36.8 Å². The monoisotopic (exact) mass is 311 g/mol. The summed E-state index contributed by atoms with van der Waals surface area (Å²) < 4.78 is 10.5. The molecule has 1 aromatic carbocycles. The largest absolute Gasteiger partial charge is 0.472 e. The second-order valence-corrected chi connectivity index (χ2v) is 5.87. The number of hydrogen-bond donors (Lipinski definition) is 1. The van der Waals surface area contributed by atoms with Crippen molar-refractivity contribution in [3.63, 3.8) is 0 Å². The number of amides is 1. The van der Waals surface area contributed by atoms with E-state index in [4.69, 9.17) is 9.15 Å². The van der Waals surface area contributed by atoms with E-state index in [0.29, 0.717) is 6.54 Å². The fourth-order valence-electron chi connectivity index (χ4n) is 2.98. The molecule has 120 valence electrons. The van der Waals surface area contributed by atoms with Crippen LogP contribution in [0.5, 0.6) is 0 Å². The summed E-state index contributed by atoms with van der Waals surface area (Å²) in [7, 11) is 0. The van der Waals surface area contributed by atoms with Gasteiger partial charge in [-0.2, -0.15) is 0 Å². The molecule has 0 saturated carbocycles. The van der Waals surface area contributed by atoms with Crippen molar-refractivity contribution in [1.82, 2.24) is 5.32 Å². The summed E-state index contributed by atoms with van der Waals surface area (Å²) in [4.78, 5) is 12.1. The summed E-state index contributed by atoms with van der Waals surface area (Å²) in [6, 6.07) is 12.2. The van der Waals surface area contributed by atoms with Crippen molar-refractivity contribution in [3.05, 3.63) is 66.1 Å². The Bertz CT molecular complexity index is 641. The summed E-state index contributed by atoms with van der Waals surface area (Å²) >= 11 is 0. The Hall–Kier alpha value is -2.33. The summed E-state index contributed by atoms with van der Waals surface area (Å²) in [5.74, 6) is -0.0898. The van der Waals surface area contributed by atoms with Crippen molar-refractivity contribution < 1.29 is 13.9 Å². The highest BCUT2D eigenvalue weighted by atomic mass is 16.5. The first-order valence-electron chi connectivity index (χ1n) is 7.90. The molecule has 4 nitrogen and oxygen atoms in total. The molecule has 0 aliphatic carbocycles. The molecule has 0 radical (unpaired) electrons. The van der Waals surface area contributed by atoms with Crippen molar-refractivity contribution in [2.75, 3.05) is 19.8 Å². The van der Waals surface area contributed by atoms with Crippen LogP contribution in [-0.2, 0) is 14.9 Å². The van der Waals surface area contributed by atoms with Crippen LogP contribution >= 0.6 is 0 Å². The minimum Gasteiger partial charge on any atom is -0.472 e. The van der Waals surface area contributed by atoms with Gasteiger partial charge < -0.3 is 14.5 Å². The highest BCUT2D eigenvalue weighted by Gasteiger charge is 2.34. The van der Waals surface area contributed by atoms with E-state index in [-0.39, 0.29) is 11.3 Å². The van der Waals surface area contributed by atoms with Crippen LogP contribution in [0.3, 0.4) is 0 Å². The first-order chi connectivity index (χ1) is 11.3. The molecule has 1 aliphatic heterocycles. The predicted molar refractivity (Wildman–Crippen MR) is 88.9 cm³/mol. The smallest absolute Gasteiger partial charge is 0.244 e. The molecule has 1 amide bonds. The zero-order chi connectivity index (χ0) is 16.0. The molecule has 0 spiro atoms. The van der Waals surface area contributed by atoms with E-state index in [1.165, 1.54) is 5.56 Å². The molecule has 3 rings (SSSR count). The molecule has 1 saturated heterocycles. The first-order valence-corrected chi connectivity index (χ1v) is 7.90. The van der Waals surface area contributed by atoms with Crippen molar-refractivity contribution in [2.45, 2.75) is 18.3 Å². The Morgan fingerprint density at radius 2 is 1.96 bits per heavy atom. The molecule has 1 N–H and O–H groups in total. The lowest BCUT2D eigenvalue weighted by molar-refractivity contribution is -0.116. The van der Waals surface area contributed by atoms with Gasteiger partial charge in [-0.15, -0.1) is 0 Å². The zero-order valence-corrected chi connectivity index (χ0v) is 13.0. The quantitative estimate of drug-likeness (QED) is 0.863. The number of benzene rings is 1. The standard InChI is InChI=1S/C19H21NO3/c21-18(7-6-16-8-11-23-14-16)20-15-19(9-12-22-13-10-19)17-4-2-1-3-5-17/h1-8,11,14H,9-10,12-13,15H2,(H,20,21). The summed E-state index contributed by atoms with van der Waals surface area (Å²) in [6.45, 7) is 2.08. The topological polar surface area (TPSA) is 51.5 Å².